The molecule has 2 N–H and O–H groups in total. The molecule has 1 aromatic rings. The van der Waals surface area contributed by atoms with Gasteiger partial charge in [-0.2, -0.15) is 0 Å². The van der Waals surface area contributed by atoms with E-state index in [1.165, 1.54) is 6.08 Å². The molecule has 0 atom stereocenters. The number of carboxylic acids is 1. The Balaban J connectivity index is 2.64. The second-order valence-electron chi connectivity index (χ2n) is 5.39. The predicted octanol–water partition coefficient (Wildman–Crippen LogP) is 3.32. The van der Waals surface area contributed by atoms with Gasteiger partial charge in [-0.05, 0) is 23.5 Å². The van der Waals surface area contributed by atoms with Crippen LogP contribution in [0.1, 0.15) is 32.8 Å². The van der Waals surface area contributed by atoms with Gasteiger partial charge in [-0.15, -0.1) is 0 Å². The first-order valence-corrected chi connectivity index (χ1v) is 6.78. The van der Waals surface area contributed by atoms with Crippen LogP contribution in [-0.2, 0) is 16.1 Å². The fourth-order valence-electron chi connectivity index (χ4n) is 1.51. The van der Waals surface area contributed by atoms with Gasteiger partial charge < -0.3 is 9.84 Å². The third-order valence-electron chi connectivity index (χ3n) is 3.13. The summed E-state index contributed by atoms with van der Waals surface area (Å²) < 4.78 is 5.00. The molecule has 114 valence electrons. The first kappa shape index (κ1) is 16.8. The smallest absolute Gasteiger partial charge is 0.412 e. The number of carboxylic acid groups (broad SMARTS) is 1. The molecule has 0 aliphatic heterocycles. The molecule has 0 heterocycles. The fraction of sp³-hybridized carbons (Fsp3) is 0.375. The van der Waals surface area contributed by atoms with Crippen LogP contribution in [0.15, 0.2) is 42.1 Å². The summed E-state index contributed by atoms with van der Waals surface area (Å²) in [6.07, 6.45) is 1.50. The Morgan fingerprint density at radius 3 is 2.43 bits per heavy atom. The Morgan fingerprint density at radius 1 is 1.29 bits per heavy atom. The molecule has 0 spiro atoms. The molecule has 0 aliphatic carbocycles. The number of aliphatic carboxylic acids is 1. The van der Waals surface area contributed by atoms with E-state index >= 15 is 0 Å². The highest BCUT2D eigenvalue weighted by atomic mass is 16.5. The molecule has 0 bridgehead atoms. The minimum absolute atomic E-state index is 0.0940. The highest BCUT2D eigenvalue weighted by Gasteiger charge is 2.19. The van der Waals surface area contributed by atoms with E-state index in [-0.39, 0.29) is 17.7 Å². The van der Waals surface area contributed by atoms with Crippen molar-refractivity contribution in [3.8, 4) is 0 Å². The van der Waals surface area contributed by atoms with E-state index < -0.39 is 12.1 Å². The Bertz CT molecular complexity index is 520. The number of rotatable bonds is 6. The van der Waals surface area contributed by atoms with Gasteiger partial charge in [0, 0.05) is 0 Å². The van der Waals surface area contributed by atoms with E-state index in [0.29, 0.717) is 0 Å². The first-order valence-electron chi connectivity index (χ1n) is 6.78. The minimum atomic E-state index is -1.19. The number of nitrogens with one attached hydrogen (secondary N) is 1. The van der Waals surface area contributed by atoms with Crippen LogP contribution in [0.2, 0.25) is 0 Å². The van der Waals surface area contributed by atoms with E-state index in [4.69, 9.17) is 9.84 Å². The van der Waals surface area contributed by atoms with Crippen molar-refractivity contribution in [2.75, 3.05) is 0 Å². The summed E-state index contributed by atoms with van der Waals surface area (Å²) in [6.45, 7) is 5.83. The van der Waals surface area contributed by atoms with Gasteiger partial charge >= 0.3 is 12.1 Å². The molecule has 5 nitrogen and oxygen atoms in total. The van der Waals surface area contributed by atoms with Gasteiger partial charge in [0.25, 0.3) is 0 Å². The number of carbonyl (C=O) groups is 2. The van der Waals surface area contributed by atoms with Crippen molar-refractivity contribution in [3.63, 3.8) is 0 Å². The summed E-state index contributed by atoms with van der Waals surface area (Å²) in [5, 5.41) is 11.4. The van der Waals surface area contributed by atoms with Crippen molar-refractivity contribution in [3.05, 3.63) is 47.7 Å². The summed E-state index contributed by atoms with van der Waals surface area (Å²) in [5.74, 6) is -1.19. The molecule has 0 fully saturated rings. The van der Waals surface area contributed by atoms with Gasteiger partial charge in [-0.3, -0.25) is 5.32 Å². The molecule has 5 heteroatoms. The molecule has 0 aliphatic rings. The van der Waals surface area contributed by atoms with Crippen molar-refractivity contribution < 1.29 is 19.4 Å². The monoisotopic (exact) mass is 291 g/mol. The van der Waals surface area contributed by atoms with E-state index in [2.05, 4.69) is 5.32 Å². The Labute approximate surface area is 124 Å². The third-order valence-corrected chi connectivity index (χ3v) is 3.13. The van der Waals surface area contributed by atoms with Crippen LogP contribution >= 0.6 is 0 Å². The van der Waals surface area contributed by atoms with Crippen LogP contribution in [0.3, 0.4) is 0 Å². The van der Waals surface area contributed by atoms with Crippen molar-refractivity contribution in [2.24, 2.45) is 5.41 Å². The average Bonchev–Trinajstić information content (AvgIpc) is 2.45. The van der Waals surface area contributed by atoms with Gasteiger partial charge in [0.05, 0.1) is 0 Å². The molecular formula is C16H21NO4. The minimum Gasteiger partial charge on any atom is -0.477 e. The van der Waals surface area contributed by atoms with Gasteiger partial charge in [0.2, 0.25) is 0 Å². The lowest BCUT2D eigenvalue weighted by molar-refractivity contribution is -0.133. The average molecular weight is 291 g/mol. The van der Waals surface area contributed by atoms with Crippen LogP contribution in [0, 0.1) is 5.41 Å². The van der Waals surface area contributed by atoms with Crippen LogP contribution in [0.25, 0.3) is 0 Å². The van der Waals surface area contributed by atoms with Gasteiger partial charge in [0.1, 0.15) is 12.3 Å². The molecule has 0 saturated carbocycles. The lowest BCUT2D eigenvalue weighted by Gasteiger charge is -2.19. The second-order valence-corrected chi connectivity index (χ2v) is 5.39. The number of ether oxygens (including phenoxy) is 1. The zero-order valence-corrected chi connectivity index (χ0v) is 12.6. The molecule has 0 unspecified atom stereocenters. The Morgan fingerprint density at radius 2 is 1.90 bits per heavy atom. The van der Waals surface area contributed by atoms with Crippen molar-refractivity contribution >= 4 is 12.1 Å². The van der Waals surface area contributed by atoms with Crippen LogP contribution in [0.4, 0.5) is 4.79 Å². The molecule has 1 rings (SSSR count). The standard InChI is InChI=1S/C16H21NO4/c1-4-16(2,3)10-13(14(18)19)17-15(20)21-11-12-8-6-5-7-9-12/h5-10H,4,11H2,1-3H3,(H,17,20)(H,18,19). The molecular weight excluding hydrogens is 270 g/mol. The van der Waals surface area contributed by atoms with Crippen molar-refractivity contribution in [1.29, 1.82) is 0 Å². The highest BCUT2D eigenvalue weighted by Crippen LogP contribution is 2.22. The Hall–Kier alpha value is -2.30. The lowest BCUT2D eigenvalue weighted by Crippen LogP contribution is -2.29. The zero-order valence-electron chi connectivity index (χ0n) is 12.6. The molecule has 0 saturated heterocycles. The maximum absolute atomic E-state index is 11.7. The van der Waals surface area contributed by atoms with Crippen molar-refractivity contribution in [1.82, 2.24) is 5.32 Å². The van der Waals surface area contributed by atoms with Crippen LogP contribution < -0.4 is 5.32 Å². The van der Waals surface area contributed by atoms with Crippen LogP contribution in [0.5, 0.6) is 0 Å². The number of amides is 1. The van der Waals surface area contributed by atoms with Gasteiger partial charge in [-0.25, -0.2) is 9.59 Å². The summed E-state index contributed by atoms with van der Waals surface area (Å²) in [7, 11) is 0. The molecule has 0 radical (unpaired) electrons. The first-order chi connectivity index (χ1) is 9.84. The van der Waals surface area contributed by atoms with Gasteiger partial charge in [-0.1, -0.05) is 51.1 Å². The van der Waals surface area contributed by atoms with Gasteiger partial charge in [0.15, 0.2) is 0 Å². The summed E-state index contributed by atoms with van der Waals surface area (Å²) in [6, 6.07) is 9.18. The quantitative estimate of drug-likeness (QED) is 0.788. The fourth-order valence-corrected chi connectivity index (χ4v) is 1.51. The highest BCUT2D eigenvalue weighted by molar-refractivity contribution is 5.90. The summed E-state index contributed by atoms with van der Waals surface area (Å²) in [5.41, 5.74) is 0.350. The predicted molar refractivity (Wildman–Crippen MR) is 79.6 cm³/mol. The molecule has 0 aromatic heterocycles. The zero-order chi connectivity index (χ0) is 15.9. The molecule has 1 amide bonds. The van der Waals surface area contributed by atoms with Crippen LogP contribution in [-0.4, -0.2) is 17.2 Å². The largest absolute Gasteiger partial charge is 0.477 e. The molecule has 1 aromatic carbocycles. The topological polar surface area (TPSA) is 75.6 Å². The summed E-state index contributed by atoms with van der Waals surface area (Å²) >= 11 is 0. The number of hydrogen-bond donors (Lipinski definition) is 2. The number of hydrogen-bond acceptors (Lipinski definition) is 3. The third kappa shape index (κ3) is 6.12. The lowest BCUT2D eigenvalue weighted by atomic mass is 9.89. The molecule has 21 heavy (non-hydrogen) atoms. The number of carbonyl (C=O) groups excluding carboxylic acids is 1. The van der Waals surface area contributed by atoms with Crippen molar-refractivity contribution in [2.45, 2.75) is 33.8 Å². The number of alkyl carbamates (subject to hydrolysis) is 1. The van der Waals surface area contributed by atoms with E-state index in [9.17, 15) is 9.59 Å². The van der Waals surface area contributed by atoms with E-state index in [1.54, 1.807) is 0 Å². The maximum Gasteiger partial charge on any atom is 0.412 e. The normalized spacial score (nSPS) is 11.9. The van der Waals surface area contributed by atoms with E-state index in [0.717, 1.165) is 12.0 Å². The number of benzene rings is 1. The van der Waals surface area contributed by atoms with E-state index in [1.807, 2.05) is 51.1 Å². The number of allylic oxidation sites excluding steroid dienone is 1. The second kappa shape index (κ2) is 7.47. The Kier molecular flexibility index (Phi) is 5.96. The summed E-state index contributed by atoms with van der Waals surface area (Å²) in [4.78, 5) is 22.8. The maximum atomic E-state index is 11.7. The SMILES string of the molecule is CCC(C)(C)C=C(NC(=O)OCc1ccccc1)C(=O)O.